The molecule has 0 fully saturated rings. The number of aliphatic hydroxyl groups is 1. The van der Waals surface area contributed by atoms with E-state index in [1.165, 1.54) is 43.3 Å². The fourth-order valence-electron chi connectivity index (χ4n) is 4.45. The molecular weight excluding hydrogens is 471 g/mol. The van der Waals surface area contributed by atoms with Crippen molar-refractivity contribution in [3.8, 4) is 0 Å². The number of carbonyl (C=O) groups is 1. The second kappa shape index (κ2) is 8.77. The Hall–Kier alpha value is -3.80. The molecule has 0 radical (unpaired) electrons. The second-order valence-electron chi connectivity index (χ2n) is 8.56. The third-order valence-electron chi connectivity index (χ3n) is 6.32. The zero-order chi connectivity index (χ0) is 25.5. The van der Waals surface area contributed by atoms with Gasteiger partial charge in [0.1, 0.15) is 0 Å². The van der Waals surface area contributed by atoms with Gasteiger partial charge in [0.15, 0.2) is 0 Å². The summed E-state index contributed by atoms with van der Waals surface area (Å²) in [5.74, 6) is -2.63. The van der Waals surface area contributed by atoms with Crippen LogP contribution >= 0.6 is 0 Å². The summed E-state index contributed by atoms with van der Waals surface area (Å²) in [6, 6.07) is 7.73. The van der Waals surface area contributed by atoms with Crippen molar-refractivity contribution in [1.82, 2.24) is 5.16 Å². The van der Waals surface area contributed by atoms with Gasteiger partial charge in [0.2, 0.25) is 5.60 Å². The van der Waals surface area contributed by atoms with Crippen molar-refractivity contribution in [2.75, 3.05) is 5.32 Å². The number of anilines is 1. The first kappa shape index (κ1) is 24.3. The molecule has 0 spiro atoms. The molecule has 0 bridgehead atoms. The highest BCUT2D eigenvalue weighted by Crippen LogP contribution is 2.44. The van der Waals surface area contributed by atoms with Gasteiger partial charge in [-0.1, -0.05) is 11.2 Å². The van der Waals surface area contributed by atoms with E-state index in [-0.39, 0.29) is 34.3 Å². The van der Waals surface area contributed by atoms with Crippen LogP contribution in [-0.2, 0) is 11.2 Å². The van der Waals surface area contributed by atoms with Gasteiger partial charge in [-0.3, -0.25) is 14.9 Å². The largest absolute Gasteiger partial charge is 0.426 e. The van der Waals surface area contributed by atoms with Crippen molar-refractivity contribution in [2.24, 2.45) is 0 Å². The number of hydrogen-bond acceptors (Lipinski definition) is 7. The van der Waals surface area contributed by atoms with Crippen LogP contribution in [0.4, 0.5) is 24.5 Å². The third kappa shape index (κ3) is 4.48. The van der Waals surface area contributed by atoms with Crippen molar-refractivity contribution < 1.29 is 32.5 Å². The van der Waals surface area contributed by atoms with E-state index in [0.717, 1.165) is 0 Å². The number of aryl methyl sites for hydroxylation is 2. The molecule has 1 aliphatic rings. The molecule has 184 valence electrons. The number of rotatable bonds is 5. The summed E-state index contributed by atoms with van der Waals surface area (Å²) in [6.45, 7) is 1.52. The standard InChI is InChI=1S/C23H20F3N3O6/c1-12-18-9-15(6-8-17(18)20(30)35-28-12)27-21(31)22(32,23(24,25)26)11-14-4-2-3-13-5-7-16(29(33)34)10-19(13)14/h5-10,14,32H,2-4,11H2,1H3,(H,27,31). The molecule has 1 aromatic heterocycles. The number of non-ortho nitro benzene ring substituents is 1. The number of fused-ring (bicyclic) bond motifs is 2. The van der Waals surface area contributed by atoms with Crippen LogP contribution in [0.15, 0.2) is 45.7 Å². The van der Waals surface area contributed by atoms with Crippen LogP contribution in [0.1, 0.15) is 42.0 Å². The maximum atomic E-state index is 14.1. The molecule has 35 heavy (non-hydrogen) atoms. The first-order valence-corrected chi connectivity index (χ1v) is 10.7. The zero-order valence-electron chi connectivity index (χ0n) is 18.4. The monoisotopic (exact) mass is 491 g/mol. The summed E-state index contributed by atoms with van der Waals surface area (Å²) < 4.78 is 46.9. The van der Waals surface area contributed by atoms with Gasteiger partial charge in [-0.25, -0.2) is 4.79 Å². The molecular formula is C23H20F3N3O6. The lowest BCUT2D eigenvalue weighted by molar-refractivity contribution is -0.385. The predicted molar refractivity (Wildman–Crippen MR) is 118 cm³/mol. The molecule has 1 heterocycles. The Labute approximate surface area is 195 Å². The molecule has 2 N–H and O–H groups in total. The van der Waals surface area contributed by atoms with Crippen molar-refractivity contribution in [3.05, 3.63) is 73.8 Å². The van der Waals surface area contributed by atoms with Crippen molar-refractivity contribution >= 4 is 28.1 Å². The Morgan fingerprint density at radius 2 is 2.00 bits per heavy atom. The van der Waals surface area contributed by atoms with Gasteiger partial charge in [0.05, 0.1) is 16.0 Å². The van der Waals surface area contributed by atoms with Crippen molar-refractivity contribution in [1.29, 1.82) is 0 Å². The number of nitro benzene ring substituents is 1. The number of alkyl halides is 3. The molecule has 2 atom stereocenters. The summed E-state index contributed by atoms with van der Waals surface area (Å²) in [6.07, 6.45) is -5.08. The lowest BCUT2D eigenvalue weighted by Crippen LogP contribution is -2.55. The Kier molecular flexibility index (Phi) is 6.09. The number of nitrogens with zero attached hydrogens (tertiary/aromatic N) is 2. The first-order chi connectivity index (χ1) is 16.4. The number of nitro groups is 1. The van der Waals surface area contributed by atoms with Crippen LogP contribution in [0, 0.1) is 17.0 Å². The van der Waals surface area contributed by atoms with E-state index in [1.54, 1.807) is 0 Å². The fraction of sp³-hybridized carbons (Fsp3) is 0.348. The van der Waals surface area contributed by atoms with E-state index in [0.29, 0.717) is 24.0 Å². The maximum Gasteiger partial charge on any atom is 0.426 e. The lowest BCUT2D eigenvalue weighted by Gasteiger charge is -2.34. The maximum absolute atomic E-state index is 14.1. The van der Waals surface area contributed by atoms with E-state index in [9.17, 15) is 38.0 Å². The van der Waals surface area contributed by atoms with Crippen LogP contribution in [-0.4, -0.2) is 32.9 Å². The minimum absolute atomic E-state index is 0.0830. The van der Waals surface area contributed by atoms with Crippen molar-refractivity contribution in [3.63, 3.8) is 0 Å². The summed E-state index contributed by atoms with van der Waals surface area (Å²) >= 11 is 0. The highest BCUT2D eigenvalue weighted by atomic mass is 19.4. The first-order valence-electron chi connectivity index (χ1n) is 10.7. The van der Waals surface area contributed by atoms with Crippen LogP contribution in [0.3, 0.4) is 0 Å². The number of halogens is 3. The van der Waals surface area contributed by atoms with Crippen LogP contribution in [0.25, 0.3) is 10.8 Å². The Bertz CT molecular complexity index is 1390. The van der Waals surface area contributed by atoms with E-state index >= 15 is 0 Å². The topological polar surface area (TPSA) is 136 Å². The molecule has 9 nitrogen and oxygen atoms in total. The van der Waals surface area contributed by atoms with Gasteiger partial charge in [0.25, 0.3) is 11.6 Å². The summed E-state index contributed by atoms with van der Waals surface area (Å²) in [5.41, 5.74) is -3.63. The van der Waals surface area contributed by atoms with Gasteiger partial charge in [-0.05, 0) is 61.4 Å². The Balaban J connectivity index is 1.67. The van der Waals surface area contributed by atoms with Crippen LogP contribution in [0.2, 0.25) is 0 Å². The number of hydrogen-bond donors (Lipinski definition) is 2. The van der Waals surface area contributed by atoms with Gasteiger partial charge >= 0.3 is 11.8 Å². The molecule has 12 heteroatoms. The summed E-state index contributed by atoms with van der Waals surface area (Å²) in [7, 11) is 0. The average molecular weight is 491 g/mol. The van der Waals surface area contributed by atoms with Crippen LogP contribution in [0.5, 0.6) is 0 Å². The molecule has 4 rings (SSSR count). The summed E-state index contributed by atoms with van der Waals surface area (Å²) in [4.78, 5) is 35.2. The van der Waals surface area contributed by atoms with Crippen LogP contribution < -0.4 is 10.9 Å². The van der Waals surface area contributed by atoms with Gasteiger partial charge in [-0.15, -0.1) is 0 Å². The summed E-state index contributed by atoms with van der Waals surface area (Å²) in [5, 5.41) is 27.9. The zero-order valence-corrected chi connectivity index (χ0v) is 18.4. The normalized spacial score (nSPS) is 17.5. The molecule has 1 amide bonds. The smallest absolute Gasteiger partial charge is 0.373 e. The second-order valence-corrected chi connectivity index (χ2v) is 8.56. The molecule has 1 aliphatic carbocycles. The molecule has 2 unspecified atom stereocenters. The van der Waals surface area contributed by atoms with Gasteiger partial charge in [0, 0.05) is 29.6 Å². The van der Waals surface area contributed by atoms with E-state index in [2.05, 4.69) is 15.0 Å². The highest BCUT2D eigenvalue weighted by Gasteiger charge is 2.60. The quantitative estimate of drug-likeness (QED) is 0.404. The van der Waals surface area contributed by atoms with E-state index in [4.69, 9.17) is 0 Å². The lowest BCUT2D eigenvalue weighted by atomic mass is 9.76. The molecule has 3 aromatic rings. The average Bonchev–Trinajstić information content (AvgIpc) is 2.80. The minimum Gasteiger partial charge on any atom is -0.373 e. The predicted octanol–water partition coefficient (Wildman–Crippen LogP) is 4.15. The molecule has 0 aliphatic heterocycles. The van der Waals surface area contributed by atoms with Gasteiger partial charge < -0.3 is 14.9 Å². The number of amides is 1. The van der Waals surface area contributed by atoms with Crippen molar-refractivity contribution in [2.45, 2.75) is 50.3 Å². The fourth-order valence-corrected chi connectivity index (χ4v) is 4.45. The number of benzene rings is 2. The molecule has 0 saturated heterocycles. The van der Waals surface area contributed by atoms with Gasteiger partial charge in [-0.2, -0.15) is 13.2 Å². The number of nitrogens with one attached hydrogen (secondary N) is 1. The van der Waals surface area contributed by atoms with E-state index < -0.39 is 40.6 Å². The molecule has 2 aromatic carbocycles. The van der Waals surface area contributed by atoms with E-state index in [1.807, 2.05) is 0 Å². The third-order valence-corrected chi connectivity index (χ3v) is 6.32. The Morgan fingerprint density at radius 1 is 1.26 bits per heavy atom. The number of aromatic nitrogens is 1. The Morgan fingerprint density at radius 3 is 2.69 bits per heavy atom. The molecule has 0 saturated carbocycles. The highest BCUT2D eigenvalue weighted by molar-refractivity contribution is 5.99. The number of carbonyl (C=O) groups excluding carboxylic acids is 1. The SMILES string of the molecule is Cc1noc(=O)c2ccc(NC(=O)C(O)(CC3CCCc4ccc([N+](=O)[O-])cc43)C(F)(F)F)cc12. The minimum atomic E-state index is -5.33.